The fraction of sp³-hybridized carbons (Fsp3) is 0.625. The molecule has 2 aliphatic rings. The third-order valence-electron chi connectivity index (χ3n) is 4.82. The average Bonchev–Trinajstić information content (AvgIpc) is 3.11. The van der Waals surface area contributed by atoms with Gasteiger partial charge in [0.2, 0.25) is 0 Å². The van der Waals surface area contributed by atoms with E-state index < -0.39 is 0 Å². The van der Waals surface area contributed by atoms with Gasteiger partial charge in [-0.05, 0) is 44.1 Å². The van der Waals surface area contributed by atoms with Crippen LogP contribution in [0.25, 0.3) is 11.5 Å². The second-order valence-electron chi connectivity index (χ2n) is 6.24. The van der Waals surface area contributed by atoms with Gasteiger partial charge in [-0.2, -0.15) is 4.98 Å². The largest absolute Gasteiger partial charge is 0.390 e. The molecule has 2 N–H and O–H groups in total. The number of aromatic nitrogens is 2. The van der Waals surface area contributed by atoms with E-state index >= 15 is 0 Å². The Balaban J connectivity index is 1.68. The summed E-state index contributed by atoms with van der Waals surface area (Å²) in [5.74, 6) is 2.01. The molecule has 0 atom stereocenters. The summed E-state index contributed by atoms with van der Waals surface area (Å²) in [7, 11) is 0. The van der Waals surface area contributed by atoms with Crippen LogP contribution in [0.2, 0.25) is 0 Å². The van der Waals surface area contributed by atoms with Gasteiger partial charge in [0.05, 0.1) is 10.6 Å². The number of nitrogen functional groups attached to an aromatic ring is 1. The lowest BCUT2D eigenvalue weighted by Gasteiger charge is -2.17. The van der Waals surface area contributed by atoms with Crippen LogP contribution in [0.4, 0.5) is 5.00 Å². The molecule has 1 fully saturated rings. The standard InChI is InChI=1S/C16H21N3OS/c17-14-13(11-8-4-5-9-12(11)21-14)16-18-15(19-20-16)10-6-2-1-3-7-10/h10H,1-9,17H2. The third-order valence-corrected chi connectivity index (χ3v) is 5.95. The zero-order chi connectivity index (χ0) is 14.2. The number of hydrogen-bond acceptors (Lipinski definition) is 5. The number of thiophene rings is 1. The molecule has 0 bridgehead atoms. The van der Waals surface area contributed by atoms with E-state index in [1.807, 2.05) is 0 Å². The minimum atomic E-state index is 0.479. The fourth-order valence-electron chi connectivity index (χ4n) is 3.68. The predicted octanol–water partition coefficient (Wildman–Crippen LogP) is 4.31. The van der Waals surface area contributed by atoms with Crippen molar-refractivity contribution in [1.82, 2.24) is 10.1 Å². The molecule has 4 nitrogen and oxygen atoms in total. The van der Waals surface area contributed by atoms with Crippen molar-refractivity contribution in [1.29, 1.82) is 0 Å². The van der Waals surface area contributed by atoms with Gasteiger partial charge in [-0.25, -0.2) is 0 Å². The summed E-state index contributed by atoms with van der Waals surface area (Å²) in [5, 5.41) is 5.10. The second-order valence-corrected chi connectivity index (χ2v) is 7.38. The molecule has 2 heterocycles. The van der Waals surface area contributed by atoms with E-state index in [0.29, 0.717) is 11.8 Å². The molecule has 2 aliphatic carbocycles. The van der Waals surface area contributed by atoms with Gasteiger partial charge in [-0.3, -0.25) is 0 Å². The van der Waals surface area contributed by atoms with E-state index in [1.54, 1.807) is 11.3 Å². The molecule has 21 heavy (non-hydrogen) atoms. The second kappa shape index (κ2) is 5.44. The van der Waals surface area contributed by atoms with Gasteiger partial charge in [0, 0.05) is 10.8 Å². The van der Waals surface area contributed by atoms with Crippen molar-refractivity contribution in [2.75, 3.05) is 5.73 Å². The molecule has 0 amide bonds. The zero-order valence-corrected chi connectivity index (χ0v) is 13.0. The molecule has 1 saturated carbocycles. The molecule has 0 aromatic carbocycles. The molecule has 0 spiro atoms. The molecule has 4 rings (SSSR count). The lowest BCUT2D eigenvalue weighted by atomic mass is 9.89. The SMILES string of the molecule is Nc1sc2c(c1-c1nc(C3CCCCC3)no1)CCCC2. The maximum absolute atomic E-state index is 6.23. The van der Waals surface area contributed by atoms with Crippen molar-refractivity contribution in [3.63, 3.8) is 0 Å². The predicted molar refractivity (Wildman–Crippen MR) is 84.5 cm³/mol. The van der Waals surface area contributed by atoms with Crippen LogP contribution in [0.3, 0.4) is 0 Å². The van der Waals surface area contributed by atoms with Crippen LogP contribution in [0.1, 0.15) is 67.1 Å². The summed E-state index contributed by atoms with van der Waals surface area (Å²) in [4.78, 5) is 6.12. The minimum Gasteiger partial charge on any atom is -0.390 e. The molecule has 0 unspecified atom stereocenters. The van der Waals surface area contributed by atoms with Gasteiger partial charge in [0.1, 0.15) is 0 Å². The molecular weight excluding hydrogens is 282 g/mol. The summed E-state index contributed by atoms with van der Waals surface area (Å²) in [6.45, 7) is 0. The molecule has 5 heteroatoms. The van der Waals surface area contributed by atoms with Gasteiger partial charge in [-0.1, -0.05) is 24.4 Å². The maximum atomic E-state index is 6.23. The Morgan fingerprint density at radius 3 is 2.71 bits per heavy atom. The first-order chi connectivity index (χ1) is 10.3. The first-order valence-corrected chi connectivity index (χ1v) is 8.88. The minimum absolute atomic E-state index is 0.479. The van der Waals surface area contributed by atoms with Crippen molar-refractivity contribution in [2.24, 2.45) is 0 Å². The maximum Gasteiger partial charge on any atom is 0.261 e. The highest BCUT2D eigenvalue weighted by Crippen LogP contribution is 2.42. The highest BCUT2D eigenvalue weighted by molar-refractivity contribution is 7.16. The monoisotopic (exact) mass is 303 g/mol. The van der Waals surface area contributed by atoms with E-state index in [1.165, 1.54) is 55.4 Å². The van der Waals surface area contributed by atoms with Crippen LogP contribution in [0.5, 0.6) is 0 Å². The smallest absolute Gasteiger partial charge is 0.261 e. The molecule has 0 radical (unpaired) electrons. The first kappa shape index (κ1) is 13.3. The Morgan fingerprint density at radius 2 is 1.86 bits per heavy atom. The highest BCUT2D eigenvalue weighted by Gasteiger charge is 2.26. The Morgan fingerprint density at radius 1 is 1.05 bits per heavy atom. The molecular formula is C16H21N3OS. The quantitative estimate of drug-likeness (QED) is 0.898. The molecule has 2 aromatic heterocycles. The van der Waals surface area contributed by atoms with Crippen LogP contribution in [-0.2, 0) is 12.8 Å². The van der Waals surface area contributed by atoms with E-state index in [4.69, 9.17) is 15.2 Å². The molecule has 112 valence electrons. The third kappa shape index (κ3) is 2.37. The van der Waals surface area contributed by atoms with Crippen LogP contribution < -0.4 is 5.73 Å². The average molecular weight is 303 g/mol. The molecule has 2 aromatic rings. The lowest BCUT2D eigenvalue weighted by Crippen LogP contribution is -2.06. The van der Waals surface area contributed by atoms with Crippen molar-refractivity contribution in [2.45, 2.75) is 63.7 Å². The molecule has 0 aliphatic heterocycles. The summed E-state index contributed by atoms with van der Waals surface area (Å²) < 4.78 is 5.57. The van der Waals surface area contributed by atoms with Gasteiger partial charge < -0.3 is 10.3 Å². The van der Waals surface area contributed by atoms with Crippen LogP contribution in [0.15, 0.2) is 4.52 Å². The van der Waals surface area contributed by atoms with Gasteiger partial charge >= 0.3 is 0 Å². The number of aryl methyl sites for hydroxylation is 1. The Bertz CT molecular complexity index is 640. The Kier molecular flexibility index (Phi) is 3.45. The van der Waals surface area contributed by atoms with Crippen molar-refractivity contribution in [3.8, 4) is 11.5 Å². The number of anilines is 1. The number of rotatable bonds is 2. The van der Waals surface area contributed by atoms with Crippen molar-refractivity contribution < 1.29 is 4.52 Å². The highest BCUT2D eigenvalue weighted by atomic mass is 32.1. The summed E-state index contributed by atoms with van der Waals surface area (Å²) in [6, 6.07) is 0. The van der Waals surface area contributed by atoms with E-state index in [-0.39, 0.29) is 0 Å². The van der Waals surface area contributed by atoms with Crippen LogP contribution in [-0.4, -0.2) is 10.1 Å². The van der Waals surface area contributed by atoms with Gasteiger partial charge in [0.25, 0.3) is 5.89 Å². The van der Waals surface area contributed by atoms with Crippen molar-refractivity contribution in [3.05, 3.63) is 16.3 Å². The number of nitrogens with zero attached hydrogens (tertiary/aromatic N) is 2. The van der Waals surface area contributed by atoms with Crippen molar-refractivity contribution >= 4 is 16.3 Å². The number of nitrogens with two attached hydrogens (primary N) is 1. The Hall–Kier alpha value is -1.36. The zero-order valence-electron chi connectivity index (χ0n) is 12.2. The summed E-state index contributed by atoms with van der Waals surface area (Å²) in [5.41, 5.74) is 8.63. The fourth-order valence-corrected chi connectivity index (χ4v) is 4.84. The van der Waals surface area contributed by atoms with E-state index in [2.05, 4.69) is 5.16 Å². The van der Waals surface area contributed by atoms with Crippen LogP contribution in [0, 0.1) is 0 Å². The van der Waals surface area contributed by atoms with Crippen LogP contribution >= 0.6 is 11.3 Å². The number of fused-ring (bicyclic) bond motifs is 1. The first-order valence-electron chi connectivity index (χ1n) is 8.07. The van der Waals surface area contributed by atoms with Gasteiger partial charge in [0.15, 0.2) is 5.82 Å². The number of hydrogen-bond donors (Lipinski definition) is 1. The topological polar surface area (TPSA) is 64.9 Å². The normalized spacial score (nSPS) is 19.6. The lowest BCUT2D eigenvalue weighted by molar-refractivity contribution is 0.385. The van der Waals surface area contributed by atoms with Gasteiger partial charge in [-0.15, -0.1) is 11.3 Å². The Labute approximate surface area is 128 Å². The summed E-state index contributed by atoms with van der Waals surface area (Å²) in [6.07, 6.45) is 11.0. The summed E-state index contributed by atoms with van der Waals surface area (Å²) >= 11 is 1.71. The van der Waals surface area contributed by atoms with E-state index in [9.17, 15) is 0 Å². The van der Waals surface area contributed by atoms with E-state index in [0.717, 1.165) is 29.2 Å². The molecule has 0 saturated heterocycles.